The number of hydrogen-bond donors (Lipinski definition) is 2. The normalized spacial score (nSPS) is 24.7. The van der Waals surface area contributed by atoms with E-state index in [1.807, 2.05) is 31.2 Å². The van der Waals surface area contributed by atoms with Gasteiger partial charge in [-0.05, 0) is 38.1 Å². The van der Waals surface area contributed by atoms with E-state index in [1.54, 1.807) is 6.92 Å². The third-order valence-electron chi connectivity index (χ3n) is 3.23. The Morgan fingerprint density at radius 1 is 1.39 bits per heavy atom. The van der Waals surface area contributed by atoms with Crippen LogP contribution >= 0.6 is 0 Å². The van der Waals surface area contributed by atoms with Gasteiger partial charge >= 0.3 is 0 Å². The van der Waals surface area contributed by atoms with E-state index in [2.05, 4.69) is 10.2 Å². The number of nitrogens with zero attached hydrogens (tertiary/aromatic N) is 1. The molecule has 1 aliphatic heterocycles. The number of nitrogens with one attached hydrogen (secondary N) is 1. The SMILES string of the molecule is CC(=O)c1ccc(N2CCNCC(C)(O)C2)cc1. The van der Waals surface area contributed by atoms with E-state index in [0.29, 0.717) is 13.1 Å². The fourth-order valence-electron chi connectivity index (χ4n) is 2.25. The van der Waals surface area contributed by atoms with E-state index >= 15 is 0 Å². The number of hydrogen-bond acceptors (Lipinski definition) is 4. The minimum Gasteiger partial charge on any atom is -0.387 e. The van der Waals surface area contributed by atoms with Gasteiger partial charge in [0.25, 0.3) is 0 Å². The maximum absolute atomic E-state index is 11.2. The van der Waals surface area contributed by atoms with Crippen LogP contribution in [0.25, 0.3) is 0 Å². The molecule has 4 nitrogen and oxygen atoms in total. The first-order chi connectivity index (χ1) is 8.48. The molecule has 2 rings (SSSR count). The third kappa shape index (κ3) is 3.09. The molecule has 98 valence electrons. The van der Waals surface area contributed by atoms with Crippen molar-refractivity contribution in [1.29, 1.82) is 0 Å². The second kappa shape index (κ2) is 5.08. The Kier molecular flexibility index (Phi) is 3.68. The first-order valence-corrected chi connectivity index (χ1v) is 6.27. The van der Waals surface area contributed by atoms with Crippen LogP contribution in [-0.4, -0.2) is 42.7 Å². The zero-order chi connectivity index (χ0) is 13.2. The molecule has 1 fully saturated rings. The third-order valence-corrected chi connectivity index (χ3v) is 3.23. The lowest BCUT2D eigenvalue weighted by Crippen LogP contribution is -2.43. The molecule has 0 aromatic heterocycles. The highest BCUT2D eigenvalue weighted by Gasteiger charge is 2.26. The smallest absolute Gasteiger partial charge is 0.159 e. The summed E-state index contributed by atoms with van der Waals surface area (Å²) < 4.78 is 0. The van der Waals surface area contributed by atoms with Crippen LogP contribution in [-0.2, 0) is 0 Å². The number of anilines is 1. The van der Waals surface area contributed by atoms with Crippen LogP contribution in [0.15, 0.2) is 24.3 Å². The van der Waals surface area contributed by atoms with Gasteiger partial charge in [0, 0.05) is 37.4 Å². The Morgan fingerprint density at radius 2 is 2.06 bits per heavy atom. The molecule has 1 heterocycles. The van der Waals surface area contributed by atoms with Crippen molar-refractivity contribution in [2.24, 2.45) is 0 Å². The van der Waals surface area contributed by atoms with Crippen LogP contribution in [0.3, 0.4) is 0 Å². The van der Waals surface area contributed by atoms with Crippen molar-refractivity contribution in [2.75, 3.05) is 31.1 Å². The highest BCUT2D eigenvalue weighted by atomic mass is 16.3. The van der Waals surface area contributed by atoms with Crippen LogP contribution < -0.4 is 10.2 Å². The number of carbonyl (C=O) groups is 1. The highest BCUT2D eigenvalue weighted by molar-refractivity contribution is 5.94. The molecule has 1 atom stereocenters. The lowest BCUT2D eigenvalue weighted by Gasteiger charge is -2.29. The van der Waals surface area contributed by atoms with E-state index in [-0.39, 0.29) is 5.78 Å². The molecule has 1 saturated heterocycles. The lowest BCUT2D eigenvalue weighted by molar-refractivity contribution is 0.0729. The first kappa shape index (κ1) is 13.1. The van der Waals surface area contributed by atoms with Gasteiger partial charge in [0.05, 0.1) is 5.60 Å². The number of ketones is 1. The van der Waals surface area contributed by atoms with Crippen molar-refractivity contribution >= 4 is 11.5 Å². The number of Topliss-reactive ketones (excluding diaryl/α,β-unsaturated/α-hetero) is 1. The molecular formula is C14H20N2O2. The highest BCUT2D eigenvalue weighted by Crippen LogP contribution is 2.19. The van der Waals surface area contributed by atoms with E-state index in [1.165, 1.54) is 0 Å². The summed E-state index contributed by atoms with van der Waals surface area (Å²) in [7, 11) is 0. The molecule has 0 saturated carbocycles. The number of aliphatic hydroxyl groups is 1. The maximum atomic E-state index is 11.2. The molecule has 4 heteroatoms. The second-order valence-electron chi connectivity index (χ2n) is 5.20. The van der Waals surface area contributed by atoms with Gasteiger partial charge in [-0.1, -0.05) is 0 Å². The number of benzene rings is 1. The summed E-state index contributed by atoms with van der Waals surface area (Å²) in [6.45, 7) is 6.31. The molecule has 1 aliphatic rings. The molecule has 0 amide bonds. The van der Waals surface area contributed by atoms with Crippen LogP contribution in [0, 0.1) is 0 Å². The average Bonchev–Trinajstić information content (AvgIpc) is 2.50. The van der Waals surface area contributed by atoms with Gasteiger partial charge < -0.3 is 15.3 Å². The Balaban J connectivity index is 2.17. The quantitative estimate of drug-likeness (QED) is 0.768. The van der Waals surface area contributed by atoms with Gasteiger partial charge in [-0.15, -0.1) is 0 Å². The monoisotopic (exact) mass is 248 g/mol. The molecule has 18 heavy (non-hydrogen) atoms. The Labute approximate surface area is 108 Å². The number of carbonyl (C=O) groups excluding carboxylic acids is 1. The summed E-state index contributed by atoms with van der Waals surface area (Å²) in [4.78, 5) is 13.4. The minimum absolute atomic E-state index is 0.0751. The fourth-order valence-corrected chi connectivity index (χ4v) is 2.25. The topological polar surface area (TPSA) is 52.6 Å². The molecule has 1 aromatic carbocycles. The molecular weight excluding hydrogens is 228 g/mol. The minimum atomic E-state index is -0.726. The van der Waals surface area contributed by atoms with Gasteiger partial charge in [-0.2, -0.15) is 0 Å². The van der Waals surface area contributed by atoms with E-state index in [4.69, 9.17) is 0 Å². The van der Waals surface area contributed by atoms with Crippen LogP contribution in [0.4, 0.5) is 5.69 Å². The Bertz CT molecular complexity index is 426. The van der Waals surface area contributed by atoms with Crippen molar-refractivity contribution in [1.82, 2.24) is 5.32 Å². The lowest BCUT2D eigenvalue weighted by atomic mass is 10.1. The van der Waals surface area contributed by atoms with E-state index in [0.717, 1.165) is 24.3 Å². The van der Waals surface area contributed by atoms with Crippen LogP contribution in [0.1, 0.15) is 24.2 Å². The van der Waals surface area contributed by atoms with E-state index < -0.39 is 5.60 Å². The van der Waals surface area contributed by atoms with Gasteiger partial charge in [-0.3, -0.25) is 4.79 Å². The van der Waals surface area contributed by atoms with Crippen molar-refractivity contribution in [2.45, 2.75) is 19.4 Å². The standard InChI is InChI=1S/C14H20N2O2/c1-11(17)12-3-5-13(6-4-12)16-8-7-15-9-14(2,18)10-16/h3-6,15,18H,7-10H2,1-2H3. The Hall–Kier alpha value is -1.39. The molecule has 0 aliphatic carbocycles. The van der Waals surface area contributed by atoms with Crippen molar-refractivity contribution in [3.05, 3.63) is 29.8 Å². The predicted octanol–water partition coefficient (Wildman–Crippen LogP) is 1.05. The largest absolute Gasteiger partial charge is 0.387 e. The summed E-state index contributed by atoms with van der Waals surface area (Å²) in [6.07, 6.45) is 0. The van der Waals surface area contributed by atoms with Crippen molar-refractivity contribution in [3.63, 3.8) is 0 Å². The fraction of sp³-hybridized carbons (Fsp3) is 0.500. The summed E-state index contributed by atoms with van der Waals surface area (Å²) >= 11 is 0. The molecule has 0 radical (unpaired) electrons. The predicted molar refractivity (Wildman–Crippen MR) is 72.2 cm³/mol. The van der Waals surface area contributed by atoms with Gasteiger partial charge in [0.15, 0.2) is 5.78 Å². The second-order valence-corrected chi connectivity index (χ2v) is 5.20. The average molecular weight is 248 g/mol. The van der Waals surface area contributed by atoms with Crippen molar-refractivity contribution in [3.8, 4) is 0 Å². The zero-order valence-electron chi connectivity index (χ0n) is 10.9. The van der Waals surface area contributed by atoms with Gasteiger partial charge in [-0.25, -0.2) is 0 Å². The Morgan fingerprint density at radius 3 is 2.67 bits per heavy atom. The molecule has 2 N–H and O–H groups in total. The van der Waals surface area contributed by atoms with E-state index in [9.17, 15) is 9.90 Å². The van der Waals surface area contributed by atoms with Crippen LogP contribution in [0.5, 0.6) is 0 Å². The number of β-amino-alcohol motifs (C(OH)–C–C–N with tert-alkyl or cyclic N) is 1. The summed E-state index contributed by atoms with van der Waals surface area (Å²) in [6, 6.07) is 7.56. The summed E-state index contributed by atoms with van der Waals surface area (Å²) in [5.41, 5.74) is 1.04. The molecule has 1 unspecified atom stereocenters. The molecule has 0 spiro atoms. The van der Waals surface area contributed by atoms with Crippen LogP contribution in [0.2, 0.25) is 0 Å². The first-order valence-electron chi connectivity index (χ1n) is 6.27. The summed E-state index contributed by atoms with van der Waals surface area (Å²) in [5.74, 6) is 0.0751. The maximum Gasteiger partial charge on any atom is 0.159 e. The zero-order valence-corrected chi connectivity index (χ0v) is 10.9. The van der Waals surface area contributed by atoms with Crippen molar-refractivity contribution < 1.29 is 9.90 Å². The van der Waals surface area contributed by atoms with Gasteiger partial charge in [0.2, 0.25) is 0 Å². The summed E-state index contributed by atoms with van der Waals surface area (Å²) in [5, 5.41) is 13.4. The molecule has 1 aromatic rings. The molecule has 0 bridgehead atoms. The van der Waals surface area contributed by atoms with Gasteiger partial charge in [0.1, 0.15) is 0 Å². The number of rotatable bonds is 2.